The van der Waals surface area contributed by atoms with Gasteiger partial charge in [0.25, 0.3) is 0 Å². The lowest BCUT2D eigenvalue weighted by Crippen LogP contribution is -2.44. The highest BCUT2D eigenvalue weighted by atomic mass is 35.5. The van der Waals surface area contributed by atoms with E-state index in [0.29, 0.717) is 6.04 Å². The van der Waals surface area contributed by atoms with E-state index >= 15 is 0 Å². The zero-order valence-electron chi connectivity index (χ0n) is 12.5. The summed E-state index contributed by atoms with van der Waals surface area (Å²) < 4.78 is 1.95. The lowest BCUT2D eigenvalue weighted by atomic mass is 10.0. The molecule has 112 valence electrons. The fourth-order valence-corrected chi connectivity index (χ4v) is 3.41. The lowest BCUT2D eigenvalue weighted by Gasteiger charge is -2.30. The molecule has 0 amide bonds. The largest absolute Gasteiger partial charge is 0.313 e. The summed E-state index contributed by atoms with van der Waals surface area (Å²) >= 11 is 6.40. The third-order valence-corrected chi connectivity index (χ3v) is 5.04. The van der Waals surface area contributed by atoms with E-state index in [1.54, 1.807) is 0 Å². The van der Waals surface area contributed by atoms with Gasteiger partial charge in [0.1, 0.15) is 0 Å². The van der Waals surface area contributed by atoms with Gasteiger partial charge in [0.15, 0.2) is 0 Å². The molecule has 1 atom stereocenters. The summed E-state index contributed by atoms with van der Waals surface area (Å²) in [4.78, 5) is 2.60. The highest BCUT2D eigenvalue weighted by Gasteiger charge is 2.32. The zero-order valence-corrected chi connectivity index (χ0v) is 13.3. The number of nitrogens with one attached hydrogen (secondary N) is 1. The first-order chi connectivity index (χ1) is 9.65. The summed E-state index contributed by atoms with van der Waals surface area (Å²) in [6.07, 6.45) is 6.66. The van der Waals surface area contributed by atoms with Gasteiger partial charge in [0.05, 0.1) is 16.4 Å². The molecule has 0 radical (unpaired) electrons. The standard InChI is InChI=1S/C15H25ClN4/c1-11-15(16)14(19(2)18-11)10-20(13-6-7-13)9-12-5-3-4-8-17-12/h12-13,17H,3-10H2,1-2H3. The minimum atomic E-state index is 0.650. The topological polar surface area (TPSA) is 33.1 Å². The Bertz CT molecular complexity index is 461. The normalized spacial score (nSPS) is 23.5. The molecule has 1 aliphatic heterocycles. The van der Waals surface area contributed by atoms with E-state index in [0.717, 1.165) is 35.5 Å². The van der Waals surface area contributed by atoms with Crippen LogP contribution in [0.4, 0.5) is 0 Å². The van der Waals surface area contributed by atoms with Crippen LogP contribution in [0.25, 0.3) is 0 Å². The highest BCUT2D eigenvalue weighted by Crippen LogP contribution is 2.31. The summed E-state index contributed by atoms with van der Waals surface area (Å²) in [7, 11) is 2.00. The zero-order chi connectivity index (χ0) is 14.1. The summed E-state index contributed by atoms with van der Waals surface area (Å²) in [6.45, 7) is 5.23. The molecule has 5 heteroatoms. The molecule has 0 spiro atoms. The van der Waals surface area contributed by atoms with Gasteiger partial charge in [-0.05, 0) is 39.2 Å². The van der Waals surface area contributed by atoms with Crippen molar-refractivity contribution in [2.24, 2.45) is 7.05 Å². The summed E-state index contributed by atoms with van der Waals surface area (Å²) in [5.41, 5.74) is 2.10. The number of rotatable bonds is 5. The SMILES string of the molecule is Cc1nn(C)c(CN(CC2CCCCN2)C2CC2)c1Cl. The van der Waals surface area contributed by atoms with Crippen LogP contribution in [0.5, 0.6) is 0 Å². The van der Waals surface area contributed by atoms with E-state index in [1.807, 2.05) is 18.7 Å². The number of hydrogen-bond donors (Lipinski definition) is 1. The first-order valence-corrected chi connectivity index (χ1v) is 8.18. The quantitative estimate of drug-likeness (QED) is 0.906. The van der Waals surface area contributed by atoms with Crippen molar-refractivity contribution in [2.45, 2.75) is 57.7 Å². The number of aryl methyl sites for hydroxylation is 2. The first-order valence-electron chi connectivity index (χ1n) is 7.80. The summed E-state index contributed by atoms with van der Waals surface area (Å²) in [6, 6.07) is 1.41. The van der Waals surface area contributed by atoms with Crippen LogP contribution in [-0.2, 0) is 13.6 Å². The van der Waals surface area contributed by atoms with Crippen molar-refractivity contribution in [1.82, 2.24) is 20.0 Å². The summed E-state index contributed by atoms with van der Waals surface area (Å²) in [5.74, 6) is 0. The van der Waals surface area contributed by atoms with Crippen molar-refractivity contribution in [2.75, 3.05) is 13.1 Å². The van der Waals surface area contributed by atoms with Gasteiger partial charge in [0.2, 0.25) is 0 Å². The number of nitrogens with zero attached hydrogens (tertiary/aromatic N) is 3. The van der Waals surface area contributed by atoms with Crippen LogP contribution in [0.2, 0.25) is 5.02 Å². The first kappa shape index (κ1) is 14.4. The molecule has 1 unspecified atom stereocenters. The van der Waals surface area contributed by atoms with Crippen LogP contribution < -0.4 is 5.32 Å². The summed E-state index contributed by atoms with van der Waals surface area (Å²) in [5, 5.41) is 8.93. The number of piperidine rings is 1. The van der Waals surface area contributed by atoms with Gasteiger partial charge < -0.3 is 5.32 Å². The molecule has 2 heterocycles. The van der Waals surface area contributed by atoms with Gasteiger partial charge in [0, 0.05) is 32.2 Å². The molecular weight excluding hydrogens is 272 g/mol. The Hall–Kier alpha value is -0.580. The van der Waals surface area contributed by atoms with Crippen molar-refractivity contribution in [1.29, 1.82) is 0 Å². The van der Waals surface area contributed by atoms with Gasteiger partial charge in [-0.25, -0.2) is 0 Å². The van der Waals surface area contributed by atoms with Gasteiger partial charge in [-0.2, -0.15) is 5.10 Å². The van der Waals surface area contributed by atoms with Crippen LogP contribution in [0, 0.1) is 6.92 Å². The predicted molar refractivity (Wildman–Crippen MR) is 82.0 cm³/mol. The Labute approximate surface area is 126 Å². The predicted octanol–water partition coefficient (Wildman–Crippen LogP) is 2.49. The van der Waals surface area contributed by atoms with E-state index in [-0.39, 0.29) is 0 Å². The molecule has 1 N–H and O–H groups in total. The van der Waals surface area contributed by atoms with Crippen LogP contribution in [-0.4, -0.2) is 39.9 Å². The fourth-order valence-electron chi connectivity index (χ4n) is 3.19. The van der Waals surface area contributed by atoms with Crippen LogP contribution in [0.15, 0.2) is 0 Å². The van der Waals surface area contributed by atoms with E-state index < -0.39 is 0 Å². The number of halogens is 1. The molecular formula is C15H25ClN4. The van der Waals surface area contributed by atoms with E-state index in [1.165, 1.54) is 38.6 Å². The van der Waals surface area contributed by atoms with Crippen molar-refractivity contribution >= 4 is 11.6 Å². The fraction of sp³-hybridized carbons (Fsp3) is 0.800. The Morgan fingerprint density at radius 2 is 2.15 bits per heavy atom. The maximum atomic E-state index is 6.40. The second kappa shape index (κ2) is 6.04. The molecule has 3 rings (SSSR count). The Balaban J connectivity index is 1.67. The van der Waals surface area contributed by atoms with Crippen molar-refractivity contribution in [3.63, 3.8) is 0 Å². The Morgan fingerprint density at radius 1 is 1.35 bits per heavy atom. The molecule has 2 fully saturated rings. The van der Waals surface area contributed by atoms with Gasteiger partial charge in [-0.15, -0.1) is 0 Å². The molecule has 1 aromatic heterocycles. The van der Waals surface area contributed by atoms with Crippen molar-refractivity contribution in [3.05, 3.63) is 16.4 Å². The molecule has 20 heavy (non-hydrogen) atoms. The van der Waals surface area contributed by atoms with Gasteiger partial charge >= 0.3 is 0 Å². The second-order valence-electron chi connectivity index (χ2n) is 6.28. The molecule has 0 aromatic carbocycles. The van der Waals surface area contributed by atoms with E-state index in [2.05, 4.69) is 15.3 Å². The molecule has 1 saturated carbocycles. The Morgan fingerprint density at radius 3 is 2.70 bits per heavy atom. The number of aromatic nitrogens is 2. The third-order valence-electron chi connectivity index (χ3n) is 4.55. The van der Waals surface area contributed by atoms with Crippen LogP contribution in [0.3, 0.4) is 0 Å². The molecule has 2 aliphatic rings. The monoisotopic (exact) mass is 296 g/mol. The lowest BCUT2D eigenvalue weighted by molar-refractivity contribution is 0.204. The Kier molecular flexibility index (Phi) is 4.34. The third kappa shape index (κ3) is 3.18. The second-order valence-corrected chi connectivity index (χ2v) is 6.66. The maximum absolute atomic E-state index is 6.40. The van der Waals surface area contributed by atoms with Crippen molar-refractivity contribution in [3.8, 4) is 0 Å². The minimum Gasteiger partial charge on any atom is -0.313 e. The maximum Gasteiger partial charge on any atom is 0.0860 e. The number of hydrogen-bond acceptors (Lipinski definition) is 3. The van der Waals surface area contributed by atoms with Crippen LogP contribution in [0.1, 0.15) is 43.5 Å². The van der Waals surface area contributed by atoms with E-state index in [4.69, 9.17) is 11.6 Å². The molecule has 1 saturated heterocycles. The molecule has 1 aromatic rings. The van der Waals surface area contributed by atoms with Gasteiger partial charge in [-0.3, -0.25) is 9.58 Å². The molecule has 1 aliphatic carbocycles. The molecule has 0 bridgehead atoms. The van der Waals surface area contributed by atoms with Gasteiger partial charge in [-0.1, -0.05) is 18.0 Å². The minimum absolute atomic E-state index is 0.650. The van der Waals surface area contributed by atoms with E-state index in [9.17, 15) is 0 Å². The molecule has 4 nitrogen and oxygen atoms in total. The average Bonchev–Trinajstić information content (AvgIpc) is 3.24. The van der Waals surface area contributed by atoms with Crippen LogP contribution >= 0.6 is 11.6 Å². The average molecular weight is 297 g/mol. The van der Waals surface area contributed by atoms with Crippen molar-refractivity contribution < 1.29 is 0 Å². The smallest absolute Gasteiger partial charge is 0.0860 e. The highest BCUT2D eigenvalue weighted by molar-refractivity contribution is 6.31.